The topological polar surface area (TPSA) is 66.7 Å². The molecule has 0 aliphatic carbocycles. The van der Waals surface area contributed by atoms with E-state index in [1.165, 1.54) is 0 Å². The molecule has 0 saturated carbocycles. The molecule has 0 radical (unpaired) electrons. The Morgan fingerprint density at radius 2 is 2.13 bits per heavy atom. The van der Waals surface area contributed by atoms with E-state index in [0.29, 0.717) is 31.5 Å². The van der Waals surface area contributed by atoms with Crippen molar-refractivity contribution in [2.45, 2.75) is 26.3 Å². The van der Waals surface area contributed by atoms with Gasteiger partial charge in [0, 0.05) is 54.2 Å². The molecule has 154 valence electrons. The lowest BCUT2D eigenvalue weighted by atomic mass is 10.0. The summed E-state index contributed by atoms with van der Waals surface area (Å²) in [6, 6.07) is 9.99. The molecular weight excluding hydrogens is 397 g/mol. The van der Waals surface area contributed by atoms with Crippen LogP contribution < -0.4 is 4.90 Å². The quantitative estimate of drug-likeness (QED) is 0.343. The Morgan fingerprint density at radius 1 is 1.33 bits per heavy atom. The number of aromatic nitrogens is 1. The fourth-order valence-corrected chi connectivity index (χ4v) is 4.31. The van der Waals surface area contributed by atoms with Gasteiger partial charge in [-0.25, -0.2) is 4.98 Å². The first-order valence-electron chi connectivity index (χ1n) is 9.86. The van der Waals surface area contributed by atoms with Crippen LogP contribution in [-0.4, -0.2) is 35.4 Å². The highest BCUT2D eigenvalue weighted by atomic mass is 31.0. The van der Waals surface area contributed by atoms with Crippen LogP contribution >= 0.6 is 9.24 Å². The van der Waals surface area contributed by atoms with Crippen LogP contribution in [0.2, 0.25) is 0 Å². The smallest absolute Gasteiger partial charge is 0.228 e. The van der Waals surface area contributed by atoms with Gasteiger partial charge in [0.2, 0.25) is 5.91 Å². The van der Waals surface area contributed by atoms with Crippen molar-refractivity contribution in [2.75, 3.05) is 18.2 Å². The zero-order valence-electron chi connectivity index (χ0n) is 17.1. The Balaban J connectivity index is 1.65. The molecule has 2 aromatic heterocycles. The number of hydrogen-bond donors (Lipinski definition) is 0. The third kappa shape index (κ3) is 3.63. The summed E-state index contributed by atoms with van der Waals surface area (Å²) in [4.78, 5) is 31.7. The van der Waals surface area contributed by atoms with Crippen molar-refractivity contribution < 1.29 is 14.0 Å². The second-order valence-electron chi connectivity index (χ2n) is 7.40. The summed E-state index contributed by atoms with van der Waals surface area (Å²) in [5.74, 6) is 1.64. The number of allylic oxidation sites excluding steroid dienone is 1. The molecule has 0 spiro atoms. The number of rotatable bonds is 6. The number of nitrogens with zero attached hydrogens (tertiary/aromatic N) is 3. The molecule has 1 amide bonds. The first-order valence-corrected chi connectivity index (χ1v) is 10.7. The predicted octanol–water partition coefficient (Wildman–Crippen LogP) is 3.92. The second kappa shape index (κ2) is 8.41. The SMILES string of the molecule is Cc1c(CN(C)/C(=C/C=O)c2cnc3c(c2)CCC(=O)N3CP)oc2ccccc12. The van der Waals surface area contributed by atoms with Gasteiger partial charge in [0.05, 0.1) is 6.54 Å². The standard InChI is InChI=1S/C23H24N3O3P/c1-15-18-5-3-4-6-20(18)29-21(15)13-25(2)19(9-10-27)17-11-16-7-8-22(28)26(14-30)23(16)24-12-17/h3-6,9-12H,7-8,13-14,30H2,1-2H3/b19-9+. The Hall–Kier alpha value is -2.98. The molecule has 0 N–H and O–H groups in total. The zero-order chi connectivity index (χ0) is 21.3. The highest BCUT2D eigenvalue weighted by Crippen LogP contribution is 2.31. The predicted molar refractivity (Wildman–Crippen MR) is 121 cm³/mol. The second-order valence-corrected chi connectivity index (χ2v) is 7.77. The van der Waals surface area contributed by atoms with Crippen LogP contribution in [0.15, 0.2) is 47.0 Å². The molecule has 4 rings (SSSR count). The number of carbonyl (C=O) groups excluding carboxylic acids is 2. The van der Waals surface area contributed by atoms with E-state index < -0.39 is 0 Å². The first-order chi connectivity index (χ1) is 14.5. The maximum absolute atomic E-state index is 12.1. The van der Waals surface area contributed by atoms with Crippen molar-refractivity contribution in [3.8, 4) is 0 Å². The molecule has 1 unspecified atom stereocenters. The molecular formula is C23H24N3O3P. The summed E-state index contributed by atoms with van der Waals surface area (Å²) < 4.78 is 6.05. The number of pyridine rings is 1. The number of amides is 1. The van der Waals surface area contributed by atoms with Crippen LogP contribution in [0, 0.1) is 6.92 Å². The highest BCUT2D eigenvalue weighted by Gasteiger charge is 2.25. The molecule has 6 nitrogen and oxygen atoms in total. The summed E-state index contributed by atoms with van der Waals surface area (Å²) in [6.45, 7) is 2.57. The Morgan fingerprint density at radius 3 is 2.87 bits per heavy atom. The number of benzene rings is 1. The third-order valence-electron chi connectivity index (χ3n) is 5.55. The van der Waals surface area contributed by atoms with Crippen LogP contribution in [0.25, 0.3) is 16.7 Å². The Labute approximate surface area is 177 Å². The zero-order valence-corrected chi connectivity index (χ0v) is 18.2. The van der Waals surface area contributed by atoms with Crippen molar-refractivity contribution in [2.24, 2.45) is 0 Å². The number of anilines is 1. The van der Waals surface area contributed by atoms with Crippen LogP contribution in [0.1, 0.15) is 28.9 Å². The van der Waals surface area contributed by atoms with Gasteiger partial charge in [0.25, 0.3) is 0 Å². The van der Waals surface area contributed by atoms with E-state index in [4.69, 9.17) is 4.42 Å². The molecule has 7 heteroatoms. The van der Waals surface area contributed by atoms with E-state index in [2.05, 4.69) is 14.2 Å². The van der Waals surface area contributed by atoms with Gasteiger partial charge in [0.1, 0.15) is 23.4 Å². The number of aldehydes is 1. The van der Waals surface area contributed by atoms with E-state index in [1.807, 2.05) is 49.2 Å². The van der Waals surface area contributed by atoms with Gasteiger partial charge in [-0.2, -0.15) is 0 Å². The van der Waals surface area contributed by atoms with Crippen LogP contribution in [-0.2, 0) is 22.6 Å². The van der Waals surface area contributed by atoms with E-state index in [1.54, 1.807) is 17.2 Å². The molecule has 1 aliphatic heterocycles. The lowest BCUT2D eigenvalue weighted by Gasteiger charge is -2.28. The Kier molecular flexibility index (Phi) is 5.69. The molecule has 1 atom stereocenters. The molecule has 0 bridgehead atoms. The monoisotopic (exact) mass is 421 g/mol. The number of hydrogen-bond acceptors (Lipinski definition) is 5. The summed E-state index contributed by atoms with van der Waals surface area (Å²) in [6.07, 6.45) is 5.69. The van der Waals surface area contributed by atoms with Gasteiger partial charge >= 0.3 is 0 Å². The number of carbonyl (C=O) groups is 2. The van der Waals surface area contributed by atoms with Crippen molar-refractivity contribution in [1.82, 2.24) is 9.88 Å². The maximum Gasteiger partial charge on any atom is 0.228 e. The van der Waals surface area contributed by atoms with E-state index in [0.717, 1.165) is 45.4 Å². The largest absolute Gasteiger partial charge is 0.459 e. The average molecular weight is 421 g/mol. The van der Waals surface area contributed by atoms with Gasteiger partial charge < -0.3 is 9.32 Å². The number of furan rings is 1. The van der Waals surface area contributed by atoms with Gasteiger partial charge in [-0.1, -0.05) is 18.2 Å². The summed E-state index contributed by atoms with van der Waals surface area (Å²) in [5, 5.41) is 1.10. The fourth-order valence-electron chi connectivity index (χ4n) is 3.94. The van der Waals surface area contributed by atoms with Crippen molar-refractivity contribution >= 4 is 43.9 Å². The molecule has 0 saturated heterocycles. The summed E-state index contributed by atoms with van der Waals surface area (Å²) in [7, 11) is 4.51. The van der Waals surface area contributed by atoms with Crippen LogP contribution in [0.4, 0.5) is 5.82 Å². The number of fused-ring (bicyclic) bond motifs is 2. The molecule has 3 aromatic rings. The van der Waals surface area contributed by atoms with Crippen LogP contribution in [0.3, 0.4) is 0 Å². The van der Waals surface area contributed by atoms with Gasteiger partial charge in [-0.3, -0.25) is 14.5 Å². The number of para-hydroxylation sites is 1. The minimum atomic E-state index is 0.0823. The molecule has 0 fully saturated rings. The number of aryl methyl sites for hydroxylation is 2. The Bertz CT molecular complexity index is 1150. The lowest BCUT2D eigenvalue weighted by molar-refractivity contribution is -0.118. The summed E-state index contributed by atoms with van der Waals surface area (Å²) >= 11 is 0. The van der Waals surface area contributed by atoms with Crippen LogP contribution in [0.5, 0.6) is 0 Å². The van der Waals surface area contributed by atoms with E-state index >= 15 is 0 Å². The van der Waals surface area contributed by atoms with Crippen molar-refractivity contribution in [3.05, 3.63) is 65.1 Å². The first kappa shape index (κ1) is 20.3. The van der Waals surface area contributed by atoms with Crippen molar-refractivity contribution in [3.63, 3.8) is 0 Å². The molecule has 30 heavy (non-hydrogen) atoms. The molecule has 3 heterocycles. The lowest BCUT2D eigenvalue weighted by Crippen LogP contribution is -2.34. The maximum atomic E-state index is 12.1. The van der Waals surface area contributed by atoms with Gasteiger partial charge in [0.15, 0.2) is 0 Å². The third-order valence-corrected chi connectivity index (χ3v) is 5.91. The summed E-state index contributed by atoms with van der Waals surface area (Å²) in [5.41, 5.74) is 4.57. The van der Waals surface area contributed by atoms with E-state index in [9.17, 15) is 9.59 Å². The van der Waals surface area contributed by atoms with Gasteiger partial charge in [-0.15, -0.1) is 9.24 Å². The molecule has 1 aromatic carbocycles. The molecule has 1 aliphatic rings. The van der Waals surface area contributed by atoms with Gasteiger partial charge in [-0.05, 0) is 31.0 Å². The minimum Gasteiger partial charge on any atom is -0.459 e. The van der Waals surface area contributed by atoms with Crippen molar-refractivity contribution in [1.29, 1.82) is 0 Å². The van der Waals surface area contributed by atoms with E-state index in [-0.39, 0.29) is 5.91 Å². The minimum absolute atomic E-state index is 0.0823. The normalized spacial score (nSPS) is 14.2. The highest BCUT2D eigenvalue weighted by molar-refractivity contribution is 7.16. The average Bonchev–Trinajstić information content (AvgIpc) is 3.07. The fraction of sp³-hybridized carbons (Fsp3) is 0.261.